The monoisotopic (exact) mass is 285 g/mol. The molecule has 0 N–H and O–H groups in total. The van der Waals surface area contributed by atoms with Crippen molar-refractivity contribution in [3.8, 4) is 0 Å². The van der Waals surface area contributed by atoms with Gasteiger partial charge in [0.1, 0.15) is 5.92 Å². The molecule has 1 saturated heterocycles. The Morgan fingerprint density at radius 2 is 1.80 bits per heavy atom. The Morgan fingerprint density at radius 3 is 2.20 bits per heavy atom. The van der Waals surface area contributed by atoms with Crippen LogP contribution in [-0.2, 0) is 19.1 Å². The second-order valence-electron chi connectivity index (χ2n) is 6.31. The molecule has 1 aliphatic heterocycles. The van der Waals surface area contributed by atoms with Gasteiger partial charge in [-0.3, -0.25) is 9.59 Å². The molecule has 0 spiro atoms. The predicted octanol–water partition coefficient (Wildman–Crippen LogP) is 1.85. The van der Waals surface area contributed by atoms with Gasteiger partial charge in [-0.15, -0.1) is 0 Å². The van der Waals surface area contributed by atoms with Crippen LogP contribution in [0.1, 0.15) is 40.5 Å². The van der Waals surface area contributed by atoms with Crippen molar-refractivity contribution in [2.24, 2.45) is 11.3 Å². The van der Waals surface area contributed by atoms with Crippen molar-refractivity contribution in [3.63, 3.8) is 0 Å². The zero-order valence-electron chi connectivity index (χ0n) is 13.3. The number of methoxy groups -OCH3 is 1. The van der Waals surface area contributed by atoms with Crippen LogP contribution in [-0.4, -0.2) is 49.7 Å². The molecule has 0 aromatic rings. The first kappa shape index (κ1) is 17.0. The minimum Gasteiger partial charge on any atom is -0.465 e. The second-order valence-corrected chi connectivity index (χ2v) is 6.31. The highest BCUT2D eigenvalue weighted by atomic mass is 16.5. The summed E-state index contributed by atoms with van der Waals surface area (Å²) >= 11 is 0. The molecule has 20 heavy (non-hydrogen) atoms. The van der Waals surface area contributed by atoms with Gasteiger partial charge >= 0.3 is 5.97 Å². The van der Waals surface area contributed by atoms with Gasteiger partial charge in [0.05, 0.1) is 12.7 Å². The minimum absolute atomic E-state index is 0.120. The number of rotatable bonds is 4. The molecule has 0 aliphatic carbocycles. The van der Waals surface area contributed by atoms with Crippen LogP contribution in [0, 0.1) is 11.3 Å². The molecule has 0 saturated carbocycles. The fourth-order valence-electron chi connectivity index (χ4n) is 2.54. The van der Waals surface area contributed by atoms with Crippen molar-refractivity contribution in [1.82, 2.24) is 4.90 Å². The van der Waals surface area contributed by atoms with Crippen LogP contribution in [0.3, 0.4) is 0 Å². The van der Waals surface area contributed by atoms with E-state index >= 15 is 0 Å². The third-order valence-corrected chi connectivity index (χ3v) is 3.72. The van der Waals surface area contributed by atoms with E-state index in [1.165, 1.54) is 0 Å². The number of amides is 1. The first-order valence-electron chi connectivity index (χ1n) is 7.29. The van der Waals surface area contributed by atoms with E-state index in [9.17, 15) is 9.59 Å². The normalized spacial score (nSPS) is 18.8. The number of carbonyl (C=O) groups is 2. The van der Waals surface area contributed by atoms with Crippen LogP contribution >= 0.6 is 0 Å². The molecule has 0 aromatic carbocycles. The third-order valence-electron chi connectivity index (χ3n) is 3.72. The first-order valence-corrected chi connectivity index (χ1v) is 7.29. The quantitative estimate of drug-likeness (QED) is 0.584. The Kier molecular flexibility index (Phi) is 5.99. The lowest BCUT2D eigenvalue weighted by molar-refractivity contribution is -0.161. The summed E-state index contributed by atoms with van der Waals surface area (Å²) in [6.45, 7) is 9.03. The van der Waals surface area contributed by atoms with Gasteiger partial charge in [-0.2, -0.15) is 0 Å². The molecule has 0 aromatic heterocycles. The van der Waals surface area contributed by atoms with E-state index in [0.717, 1.165) is 12.8 Å². The summed E-state index contributed by atoms with van der Waals surface area (Å²) in [4.78, 5) is 26.5. The highest BCUT2D eigenvalue weighted by molar-refractivity contribution is 5.98. The molecule has 1 unspecified atom stereocenters. The number of esters is 1. The van der Waals surface area contributed by atoms with Crippen molar-refractivity contribution in [1.29, 1.82) is 0 Å². The summed E-state index contributed by atoms with van der Waals surface area (Å²) in [5, 5.41) is 0. The molecule has 1 amide bonds. The highest BCUT2D eigenvalue weighted by Gasteiger charge is 2.41. The maximum atomic E-state index is 12.6. The minimum atomic E-state index is -0.735. The largest absolute Gasteiger partial charge is 0.465 e. The molecular weight excluding hydrogens is 258 g/mol. The van der Waals surface area contributed by atoms with Gasteiger partial charge in [-0.1, -0.05) is 20.8 Å². The van der Waals surface area contributed by atoms with Crippen LogP contribution in [0.25, 0.3) is 0 Å². The molecule has 1 rings (SSSR count). The Hall–Kier alpha value is -1.10. The average Bonchev–Trinajstić information content (AvgIpc) is 2.37. The maximum absolute atomic E-state index is 12.6. The lowest BCUT2D eigenvalue weighted by Gasteiger charge is -2.36. The Bertz CT molecular complexity index is 340. The van der Waals surface area contributed by atoms with Gasteiger partial charge in [0.15, 0.2) is 0 Å². The molecule has 1 aliphatic rings. The van der Waals surface area contributed by atoms with E-state index in [1.54, 1.807) is 18.9 Å². The number of carbonyl (C=O) groups excluding carboxylic acids is 2. The molecule has 1 fully saturated rings. The van der Waals surface area contributed by atoms with Crippen LogP contribution in [0.5, 0.6) is 0 Å². The Labute approximate surface area is 121 Å². The van der Waals surface area contributed by atoms with E-state index in [2.05, 4.69) is 0 Å². The Balaban J connectivity index is 2.77. The van der Waals surface area contributed by atoms with Crippen molar-refractivity contribution in [3.05, 3.63) is 0 Å². The SMILES string of the molecule is CCOC(=O)C(C(=O)N1CCC(OC)CC1)C(C)(C)C. The first-order chi connectivity index (χ1) is 9.31. The molecule has 1 heterocycles. The maximum Gasteiger partial charge on any atom is 0.319 e. The number of hydrogen-bond acceptors (Lipinski definition) is 4. The van der Waals surface area contributed by atoms with E-state index in [4.69, 9.17) is 9.47 Å². The van der Waals surface area contributed by atoms with Crippen LogP contribution in [0.4, 0.5) is 0 Å². The number of hydrogen-bond donors (Lipinski definition) is 0. The fraction of sp³-hybridized carbons (Fsp3) is 0.867. The van der Waals surface area contributed by atoms with Gasteiger partial charge in [0.2, 0.25) is 5.91 Å². The van der Waals surface area contributed by atoms with Crippen molar-refractivity contribution in [2.45, 2.75) is 46.6 Å². The number of nitrogens with zero attached hydrogens (tertiary/aromatic N) is 1. The summed E-state index contributed by atoms with van der Waals surface area (Å²) in [5.74, 6) is -1.27. The number of ether oxygens (including phenoxy) is 2. The van der Waals surface area contributed by atoms with Gasteiger partial charge in [0.25, 0.3) is 0 Å². The van der Waals surface area contributed by atoms with Crippen molar-refractivity contribution < 1.29 is 19.1 Å². The van der Waals surface area contributed by atoms with Crippen LogP contribution < -0.4 is 0 Å². The highest BCUT2D eigenvalue weighted by Crippen LogP contribution is 2.30. The smallest absolute Gasteiger partial charge is 0.319 e. The second kappa shape index (κ2) is 7.07. The van der Waals surface area contributed by atoms with Crippen molar-refractivity contribution >= 4 is 11.9 Å². The van der Waals surface area contributed by atoms with Gasteiger partial charge in [-0.25, -0.2) is 0 Å². The van der Waals surface area contributed by atoms with E-state index in [-0.39, 0.29) is 12.0 Å². The summed E-state index contributed by atoms with van der Waals surface area (Å²) in [6, 6.07) is 0. The molecule has 0 bridgehead atoms. The standard InChI is InChI=1S/C15H27NO4/c1-6-20-14(18)12(15(2,3)4)13(17)16-9-7-11(19-5)8-10-16/h11-12H,6-10H2,1-5H3. The summed E-state index contributed by atoms with van der Waals surface area (Å²) in [5.41, 5.74) is -0.443. The number of likely N-dealkylation sites (tertiary alicyclic amines) is 1. The van der Waals surface area contributed by atoms with E-state index in [0.29, 0.717) is 19.7 Å². The zero-order chi connectivity index (χ0) is 15.3. The topological polar surface area (TPSA) is 55.8 Å². The molecule has 1 atom stereocenters. The van der Waals surface area contributed by atoms with E-state index in [1.807, 2.05) is 20.8 Å². The lowest BCUT2D eigenvalue weighted by Crippen LogP contribution is -2.49. The molecule has 5 heteroatoms. The molecule has 5 nitrogen and oxygen atoms in total. The predicted molar refractivity (Wildman–Crippen MR) is 76.2 cm³/mol. The van der Waals surface area contributed by atoms with Gasteiger partial charge in [0, 0.05) is 20.2 Å². The lowest BCUT2D eigenvalue weighted by atomic mass is 9.79. The van der Waals surface area contributed by atoms with Crippen LogP contribution in [0.2, 0.25) is 0 Å². The summed E-state index contributed by atoms with van der Waals surface area (Å²) in [7, 11) is 1.69. The van der Waals surface area contributed by atoms with Gasteiger partial charge in [-0.05, 0) is 25.2 Å². The zero-order valence-corrected chi connectivity index (χ0v) is 13.3. The molecular formula is C15H27NO4. The van der Waals surface area contributed by atoms with Gasteiger partial charge < -0.3 is 14.4 Å². The van der Waals surface area contributed by atoms with Crippen LogP contribution in [0.15, 0.2) is 0 Å². The number of piperidine rings is 1. The summed E-state index contributed by atoms with van der Waals surface area (Å²) in [6.07, 6.45) is 1.86. The molecule has 0 radical (unpaired) electrons. The van der Waals surface area contributed by atoms with Crippen molar-refractivity contribution in [2.75, 3.05) is 26.8 Å². The average molecular weight is 285 g/mol. The Morgan fingerprint density at radius 1 is 1.25 bits per heavy atom. The third kappa shape index (κ3) is 4.20. The summed E-state index contributed by atoms with van der Waals surface area (Å²) < 4.78 is 10.4. The fourth-order valence-corrected chi connectivity index (χ4v) is 2.54. The molecule has 116 valence electrons. The van der Waals surface area contributed by atoms with E-state index < -0.39 is 17.3 Å².